The van der Waals surface area contributed by atoms with Gasteiger partial charge in [0.1, 0.15) is 6.10 Å². The molecule has 0 heterocycles. The van der Waals surface area contributed by atoms with Gasteiger partial charge in [0.15, 0.2) is 0 Å². The van der Waals surface area contributed by atoms with Gasteiger partial charge in [0.25, 0.3) is 5.00 Å². The summed E-state index contributed by atoms with van der Waals surface area (Å²) in [7, 11) is 1.09. The van der Waals surface area contributed by atoms with Crippen LogP contribution in [0.2, 0.25) is 0 Å². The Bertz CT molecular complexity index is 220. The molecule has 0 aromatic heterocycles. The number of rotatable bonds is 5. The minimum Gasteiger partial charge on any atom is -0.466 e. The number of allylic oxidation sites excluding steroid dienone is 1. The van der Waals surface area contributed by atoms with Crippen molar-refractivity contribution in [2.24, 2.45) is 0 Å². The van der Waals surface area contributed by atoms with Crippen LogP contribution in [0, 0.1) is 0 Å². The average Bonchev–Trinajstić information content (AvgIpc) is 2.17. The van der Waals surface area contributed by atoms with Gasteiger partial charge in [-0.05, 0) is 12.7 Å². The summed E-state index contributed by atoms with van der Waals surface area (Å²) >= 11 is 0.717. The average molecular weight is 222 g/mol. The zero-order valence-electron chi connectivity index (χ0n) is 8.49. The van der Waals surface area contributed by atoms with Gasteiger partial charge in [0.2, 0.25) is 0 Å². The van der Waals surface area contributed by atoms with Gasteiger partial charge in [-0.1, -0.05) is 19.1 Å². The number of halogens is 1. The van der Waals surface area contributed by atoms with E-state index in [4.69, 9.17) is 0 Å². The molecule has 0 radical (unpaired) electrons. The number of hydrogen-bond donors (Lipinski definition) is 1. The van der Waals surface area contributed by atoms with Crippen molar-refractivity contribution in [1.29, 1.82) is 0 Å². The first kappa shape index (κ1) is 13.4. The monoisotopic (exact) mass is 222 g/mol. The van der Waals surface area contributed by atoms with Crippen molar-refractivity contribution in [1.82, 2.24) is 0 Å². The second-order valence-electron chi connectivity index (χ2n) is 2.54. The third-order valence-electron chi connectivity index (χ3n) is 1.57. The van der Waals surface area contributed by atoms with Crippen molar-refractivity contribution >= 4 is 17.7 Å². The van der Waals surface area contributed by atoms with E-state index >= 15 is 0 Å². The van der Waals surface area contributed by atoms with E-state index < -0.39 is 17.1 Å². The highest BCUT2D eigenvalue weighted by Crippen LogP contribution is 2.32. The van der Waals surface area contributed by atoms with Crippen LogP contribution in [-0.4, -0.2) is 35.0 Å². The fraction of sp³-hybridized carbons (Fsp3) is 0.667. The van der Waals surface area contributed by atoms with Crippen LogP contribution in [0.4, 0.5) is 4.39 Å². The number of thioether (sulfide) groups is 1. The Morgan fingerprint density at radius 3 is 2.71 bits per heavy atom. The lowest BCUT2D eigenvalue weighted by atomic mass is 10.2. The van der Waals surface area contributed by atoms with Crippen LogP contribution in [0.5, 0.6) is 0 Å². The molecule has 0 aliphatic heterocycles. The Kier molecular flexibility index (Phi) is 5.79. The first-order valence-corrected chi connectivity index (χ1v) is 5.23. The van der Waals surface area contributed by atoms with E-state index in [-0.39, 0.29) is 0 Å². The first-order chi connectivity index (χ1) is 6.52. The van der Waals surface area contributed by atoms with E-state index in [1.165, 1.54) is 12.2 Å². The van der Waals surface area contributed by atoms with Crippen LogP contribution in [0.3, 0.4) is 0 Å². The van der Waals surface area contributed by atoms with Crippen LogP contribution in [0.25, 0.3) is 0 Å². The van der Waals surface area contributed by atoms with Gasteiger partial charge in [-0.15, -0.1) is 11.8 Å². The van der Waals surface area contributed by atoms with E-state index in [9.17, 15) is 14.3 Å². The Morgan fingerprint density at radius 2 is 2.36 bits per heavy atom. The highest BCUT2D eigenvalue weighted by atomic mass is 32.2. The molecule has 0 amide bonds. The summed E-state index contributed by atoms with van der Waals surface area (Å²) in [4.78, 5) is 11.1. The predicted octanol–water partition coefficient (Wildman–Crippen LogP) is 1.52. The summed E-state index contributed by atoms with van der Waals surface area (Å²) in [5, 5.41) is 7.01. The molecule has 0 spiro atoms. The number of ether oxygens (including phenoxy) is 1. The number of alkyl halides is 1. The minimum atomic E-state index is -2.41. The largest absolute Gasteiger partial charge is 0.466 e. The van der Waals surface area contributed by atoms with Crippen LogP contribution >= 0.6 is 11.8 Å². The smallest absolute Gasteiger partial charge is 0.357 e. The van der Waals surface area contributed by atoms with Crippen molar-refractivity contribution in [2.45, 2.75) is 25.0 Å². The van der Waals surface area contributed by atoms with E-state index in [0.717, 1.165) is 7.11 Å². The maximum Gasteiger partial charge on any atom is 0.357 e. The topological polar surface area (TPSA) is 46.5 Å². The zero-order valence-corrected chi connectivity index (χ0v) is 9.31. The van der Waals surface area contributed by atoms with Crippen molar-refractivity contribution in [3.63, 3.8) is 0 Å². The van der Waals surface area contributed by atoms with Gasteiger partial charge in [0, 0.05) is 0 Å². The first-order valence-electron chi connectivity index (χ1n) is 4.25. The molecule has 0 saturated heterocycles. The number of carbonyl (C=O) groups excluding carboxylic acids is 1. The maximum atomic E-state index is 14.0. The molecule has 0 saturated carbocycles. The predicted molar refractivity (Wildman–Crippen MR) is 54.8 cm³/mol. The van der Waals surface area contributed by atoms with Crippen LogP contribution < -0.4 is 0 Å². The molecule has 0 aromatic rings. The molecule has 82 valence electrons. The maximum absolute atomic E-state index is 14.0. The Balaban J connectivity index is 4.77. The molecule has 0 bridgehead atoms. The van der Waals surface area contributed by atoms with Crippen LogP contribution in [0.1, 0.15) is 13.8 Å². The highest BCUT2D eigenvalue weighted by molar-refractivity contribution is 8.01. The van der Waals surface area contributed by atoms with Crippen molar-refractivity contribution in [3.8, 4) is 0 Å². The third-order valence-corrected chi connectivity index (χ3v) is 2.69. The molecule has 1 N–H and O–H groups in total. The molecular weight excluding hydrogens is 207 g/mol. The van der Waals surface area contributed by atoms with Crippen LogP contribution in [-0.2, 0) is 9.53 Å². The number of hydrogen-bond acceptors (Lipinski definition) is 4. The number of aliphatic hydroxyl groups is 1. The lowest BCUT2D eigenvalue weighted by Crippen LogP contribution is -2.42. The molecule has 0 rings (SSSR count). The molecule has 0 aliphatic rings. The zero-order chi connectivity index (χ0) is 11.2. The quantitative estimate of drug-likeness (QED) is 0.566. The molecule has 3 nitrogen and oxygen atoms in total. The summed E-state index contributed by atoms with van der Waals surface area (Å²) in [5.74, 6) is -0.685. The van der Waals surface area contributed by atoms with Crippen molar-refractivity contribution in [2.75, 3.05) is 12.9 Å². The van der Waals surface area contributed by atoms with Crippen molar-refractivity contribution < 1.29 is 19.0 Å². The second kappa shape index (κ2) is 6.03. The number of carbonyl (C=O) groups is 1. The molecule has 14 heavy (non-hydrogen) atoms. The van der Waals surface area contributed by atoms with E-state index in [1.807, 2.05) is 0 Å². The fourth-order valence-electron chi connectivity index (χ4n) is 0.920. The van der Waals surface area contributed by atoms with E-state index in [1.54, 1.807) is 13.8 Å². The van der Waals surface area contributed by atoms with Crippen LogP contribution in [0.15, 0.2) is 12.2 Å². The summed E-state index contributed by atoms with van der Waals surface area (Å²) in [6.07, 6.45) is 1.22. The van der Waals surface area contributed by atoms with Gasteiger partial charge in [-0.3, -0.25) is 0 Å². The normalized spacial score (nSPS) is 17.8. The third kappa shape index (κ3) is 2.99. The molecule has 2 atom stereocenters. The number of esters is 1. The molecule has 0 aliphatic carbocycles. The van der Waals surface area contributed by atoms with Gasteiger partial charge in [-0.2, -0.15) is 0 Å². The highest BCUT2D eigenvalue weighted by Gasteiger charge is 2.46. The fourth-order valence-corrected chi connectivity index (χ4v) is 1.79. The molecule has 5 heteroatoms. The minimum absolute atomic E-state index is 0.375. The van der Waals surface area contributed by atoms with Gasteiger partial charge in [0.05, 0.1) is 7.11 Å². The summed E-state index contributed by atoms with van der Waals surface area (Å²) < 4.78 is 18.3. The van der Waals surface area contributed by atoms with E-state index in [0.29, 0.717) is 17.5 Å². The Labute approximate surface area is 87.3 Å². The van der Waals surface area contributed by atoms with E-state index in [2.05, 4.69) is 4.74 Å². The molecule has 0 aromatic carbocycles. The number of methoxy groups -OCH3 is 1. The molecule has 0 unspecified atom stereocenters. The Morgan fingerprint density at radius 1 is 1.79 bits per heavy atom. The SMILES string of the molecule is C/C=C/[C@@H](O)[C@](F)(SCC)C(=O)OC. The van der Waals surface area contributed by atoms with Gasteiger partial charge >= 0.3 is 5.97 Å². The summed E-state index contributed by atoms with van der Waals surface area (Å²) in [5.41, 5.74) is 0. The lowest BCUT2D eigenvalue weighted by molar-refractivity contribution is -0.152. The summed E-state index contributed by atoms with van der Waals surface area (Å²) in [6.45, 7) is 3.34. The molecular formula is C9H15FO3S. The second-order valence-corrected chi connectivity index (χ2v) is 4.00. The molecule has 0 fully saturated rings. The van der Waals surface area contributed by atoms with Gasteiger partial charge in [-0.25, -0.2) is 9.18 Å². The summed E-state index contributed by atoms with van der Waals surface area (Å²) in [6, 6.07) is 0. The standard InChI is InChI=1S/C9H15FO3S/c1-4-6-7(11)9(10,14-5-2)8(12)13-3/h4,6-7,11H,5H2,1-3H3/b6-4+/t7-,9+/m1/s1. The van der Waals surface area contributed by atoms with Crippen molar-refractivity contribution in [3.05, 3.63) is 12.2 Å². The van der Waals surface area contributed by atoms with Gasteiger partial charge < -0.3 is 9.84 Å². The Hall–Kier alpha value is -0.550. The lowest BCUT2D eigenvalue weighted by Gasteiger charge is -2.24. The number of aliphatic hydroxyl groups excluding tert-OH is 1.